The fourth-order valence-electron chi connectivity index (χ4n) is 7.77. The van der Waals surface area contributed by atoms with E-state index in [1.54, 1.807) is 111 Å². The van der Waals surface area contributed by atoms with Gasteiger partial charge in [-0.05, 0) is 107 Å². The van der Waals surface area contributed by atoms with Gasteiger partial charge in [0.1, 0.15) is 44.0 Å². The number of phenols is 1. The van der Waals surface area contributed by atoms with Crippen LogP contribution in [0, 0.1) is 0 Å². The van der Waals surface area contributed by atoms with E-state index in [1.165, 1.54) is 50.6 Å². The molecule has 0 saturated carbocycles. The maximum absolute atomic E-state index is 13.4. The molecule has 0 atom stereocenters. The van der Waals surface area contributed by atoms with Gasteiger partial charge in [0.05, 0.1) is 31.2 Å². The van der Waals surface area contributed by atoms with Crippen LogP contribution in [-0.2, 0) is 33.1 Å². The molecule has 8 rings (SSSR count). The Kier molecular flexibility index (Phi) is 19.3. The van der Waals surface area contributed by atoms with Crippen LogP contribution in [0.3, 0.4) is 0 Å². The van der Waals surface area contributed by atoms with Gasteiger partial charge in [-0.25, -0.2) is 0 Å². The number of para-hydroxylation sites is 4. The van der Waals surface area contributed by atoms with Crippen LogP contribution < -0.4 is 25.0 Å². The molecule has 0 aromatic heterocycles. The first-order chi connectivity index (χ1) is 35.3. The van der Waals surface area contributed by atoms with Crippen molar-refractivity contribution < 1.29 is 55.5 Å². The van der Waals surface area contributed by atoms with Crippen molar-refractivity contribution >= 4 is 160 Å². The van der Waals surface area contributed by atoms with E-state index in [0.717, 1.165) is 0 Å². The van der Waals surface area contributed by atoms with Gasteiger partial charge in [-0.2, -0.15) is 21.9 Å². The second-order valence-corrected chi connectivity index (χ2v) is 19.2. The molecule has 0 bridgehead atoms. The average molecular weight is 1220 g/mol. The van der Waals surface area contributed by atoms with Crippen LogP contribution in [0.2, 0.25) is 10.0 Å². The third-order valence-corrected chi connectivity index (χ3v) is 13.9. The zero-order valence-electron chi connectivity index (χ0n) is 40.1. The van der Waals surface area contributed by atoms with Gasteiger partial charge in [0.2, 0.25) is 0 Å². The number of anilines is 1. The topological polar surface area (TPSA) is 284 Å². The number of nitrogens with zero attached hydrogens (tertiary/aromatic N) is 5. The molecular weight excluding hydrogens is 1170 g/mol. The summed E-state index contributed by atoms with van der Waals surface area (Å²) >= 11 is 12.2. The van der Waals surface area contributed by atoms with E-state index in [2.05, 4.69) is 30.8 Å². The molecular formula is C52H42BaCl2N6O12S2. The number of hydrogen-bond donors (Lipinski definition) is 4. The van der Waals surface area contributed by atoms with Crippen molar-refractivity contribution in [1.29, 1.82) is 0 Å². The summed E-state index contributed by atoms with van der Waals surface area (Å²) < 4.78 is 78.6. The van der Waals surface area contributed by atoms with Crippen molar-refractivity contribution in [3.05, 3.63) is 166 Å². The number of fused-ring (bicyclic) bond motifs is 2. The number of ether oxygens (including phenoxy) is 2. The number of aromatic hydroxyl groups is 1. The fraction of sp³-hybridized carbons (Fsp3) is 0.115. The number of methoxy groups -OCH3 is 2. The van der Waals surface area contributed by atoms with Crippen LogP contribution in [0.15, 0.2) is 169 Å². The zero-order chi connectivity index (χ0) is 53.5. The van der Waals surface area contributed by atoms with Crippen LogP contribution in [-0.4, -0.2) is 106 Å². The number of aliphatic imine (C=N–C) groups is 1. The van der Waals surface area contributed by atoms with Gasteiger partial charge >= 0.3 is 48.9 Å². The third-order valence-electron chi connectivity index (χ3n) is 11.2. The molecule has 0 spiro atoms. The molecule has 0 aliphatic heterocycles. The molecule has 0 radical (unpaired) electrons. The van der Waals surface area contributed by atoms with Crippen molar-refractivity contribution in [2.45, 2.75) is 36.5 Å². The summed E-state index contributed by atoms with van der Waals surface area (Å²) in [4.78, 5) is 16.2. The van der Waals surface area contributed by atoms with Gasteiger partial charge in [-0.3, -0.25) is 18.9 Å². The smallest absolute Gasteiger partial charge is 0.871 e. The molecule has 0 heterocycles. The van der Waals surface area contributed by atoms with Crippen LogP contribution in [0.1, 0.15) is 40.9 Å². The van der Waals surface area contributed by atoms with Gasteiger partial charge in [0, 0.05) is 20.8 Å². The van der Waals surface area contributed by atoms with Gasteiger partial charge in [-0.1, -0.05) is 116 Å². The number of halogens is 2. The zero-order valence-corrected chi connectivity index (χ0v) is 47.7. The van der Waals surface area contributed by atoms with Crippen molar-refractivity contribution in [1.82, 2.24) is 0 Å². The minimum atomic E-state index is -4.72. The van der Waals surface area contributed by atoms with Crippen molar-refractivity contribution in [2.75, 3.05) is 19.5 Å². The van der Waals surface area contributed by atoms with Crippen molar-refractivity contribution in [2.24, 2.45) is 25.4 Å². The van der Waals surface area contributed by atoms with Crippen LogP contribution in [0.25, 0.3) is 21.5 Å². The second-order valence-electron chi connectivity index (χ2n) is 15.7. The summed E-state index contributed by atoms with van der Waals surface area (Å²) in [5.74, 6) is -1.85. The number of carbonyl (C=O) groups excluding carboxylic acids is 1. The van der Waals surface area contributed by atoms with E-state index in [4.69, 9.17) is 32.7 Å². The third kappa shape index (κ3) is 13.0. The molecule has 380 valence electrons. The second kappa shape index (κ2) is 25.0. The molecule has 0 fully saturated rings. The Morgan fingerprint density at radius 2 is 1.07 bits per heavy atom. The number of carbonyl (C=O) groups is 1. The molecule has 0 saturated heterocycles. The minimum Gasteiger partial charge on any atom is -0.871 e. The Hall–Kier alpha value is -6.41. The number of phenolic OH excluding ortho intramolecular Hbond substituents is 1. The minimum absolute atomic E-state index is 0. The molecule has 8 aromatic carbocycles. The average Bonchev–Trinajstić information content (AvgIpc) is 3.38. The van der Waals surface area contributed by atoms with Gasteiger partial charge in [-0.15, -0.1) is 15.3 Å². The molecule has 4 N–H and O–H groups in total. The standard InChI is InChI=1S/2C26H22ClN3O6S.Ba/c2*1-3-16-19(27)12-13-21(25(16)37(33,34)35)29-30-23-17-9-5-4-8-15(17)14-18(24(23)31)26(32)28-20-10-6-7-11-22(20)36-2;/h2*4-14,31H,3H2,1-2H3,(H,28,32)(H,33,34,35);/q;;+2/p-2. The predicted octanol–water partition coefficient (Wildman–Crippen LogP) is 11.5. The van der Waals surface area contributed by atoms with Gasteiger partial charge in [0.25, 0.3) is 26.1 Å². The first kappa shape index (κ1) is 57.9. The van der Waals surface area contributed by atoms with Crippen molar-refractivity contribution in [3.8, 4) is 23.0 Å². The van der Waals surface area contributed by atoms with Crippen LogP contribution in [0.4, 0.5) is 34.1 Å². The maximum atomic E-state index is 13.4. The summed E-state index contributed by atoms with van der Waals surface area (Å²) in [6.45, 7) is 3.35. The summed E-state index contributed by atoms with van der Waals surface area (Å²) in [7, 11) is -6.50. The molecule has 1 amide bonds. The Morgan fingerprint density at radius 3 is 1.59 bits per heavy atom. The van der Waals surface area contributed by atoms with E-state index in [0.29, 0.717) is 38.7 Å². The number of amides is 1. The SMILES string of the molecule is CCc1c(Cl)ccc(N=Nc2c(O)c(C(=O)Nc3ccccc3OC)cc3ccccc23)c1S(=O)(=O)O.CCc1c(Cl)ccc(N=Nc2c([O-])c(C([O-])=Nc3ccccc3OC)cc3ccccc23)c1S(=O)(=O)O.[Ba+2]. The quantitative estimate of drug-likeness (QED) is 0.0260. The number of rotatable bonds is 14. The Labute approximate surface area is 481 Å². The monoisotopic (exact) mass is 1210 g/mol. The number of nitrogens with one attached hydrogen (secondary N) is 1. The molecule has 18 nitrogen and oxygen atoms in total. The fourth-order valence-corrected chi connectivity index (χ4v) is 10.3. The first-order valence-corrected chi connectivity index (χ1v) is 25.7. The van der Waals surface area contributed by atoms with Gasteiger partial charge in [0.15, 0.2) is 5.75 Å². The summed E-state index contributed by atoms with van der Waals surface area (Å²) in [6, 6.07) is 35.4. The van der Waals surface area contributed by atoms with E-state index in [1.807, 2.05) is 0 Å². The number of benzene rings is 8. The Morgan fingerprint density at radius 1 is 0.613 bits per heavy atom. The maximum Gasteiger partial charge on any atom is 2.00 e. The molecule has 75 heavy (non-hydrogen) atoms. The van der Waals surface area contributed by atoms with Gasteiger partial charge < -0.3 is 30.1 Å². The molecule has 23 heteroatoms. The Bertz CT molecular complexity index is 3830. The largest absolute Gasteiger partial charge is 2.00 e. The van der Waals surface area contributed by atoms with Crippen molar-refractivity contribution in [3.63, 3.8) is 0 Å². The van der Waals surface area contributed by atoms with E-state index >= 15 is 0 Å². The van der Waals surface area contributed by atoms with Crippen LogP contribution >= 0.6 is 23.2 Å². The summed E-state index contributed by atoms with van der Waals surface area (Å²) in [6.07, 6.45) is 0.408. The Balaban J connectivity index is 0.000000241. The van der Waals surface area contributed by atoms with E-state index in [-0.39, 0.29) is 122 Å². The number of azo groups is 2. The normalized spacial score (nSPS) is 11.9. The molecule has 0 aliphatic carbocycles. The summed E-state index contributed by atoms with van der Waals surface area (Å²) in [5.41, 5.74) is 0.0284. The van der Waals surface area contributed by atoms with E-state index < -0.39 is 53.3 Å². The summed E-state index contributed by atoms with van der Waals surface area (Å²) in [5, 5.41) is 58.7. The predicted molar refractivity (Wildman–Crippen MR) is 285 cm³/mol. The van der Waals surface area contributed by atoms with Crippen LogP contribution in [0.5, 0.6) is 23.0 Å². The first-order valence-electron chi connectivity index (χ1n) is 22.0. The molecule has 8 aromatic rings. The molecule has 0 aliphatic rings. The molecule has 0 unspecified atom stereocenters. The van der Waals surface area contributed by atoms with E-state index in [9.17, 15) is 46.1 Å². The number of hydrogen-bond acceptors (Lipinski definition) is 15.